The fourth-order valence-corrected chi connectivity index (χ4v) is 4.51. The zero-order valence-electron chi connectivity index (χ0n) is 15.0. The number of nitrogens with zero attached hydrogens (tertiary/aromatic N) is 3. The lowest BCUT2D eigenvalue weighted by atomic mass is 10.2. The number of nitrogens with one attached hydrogen (secondary N) is 1. The summed E-state index contributed by atoms with van der Waals surface area (Å²) in [6.45, 7) is 0. The quantitative estimate of drug-likeness (QED) is 0.305. The van der Waals surface area contributed by atoms with Gasteiger partial charge >= 0.3 is 5.97 Å². The number of carboxylic acids is 1. The largest absolute Gasteiger partial charge is 0.478 e. The average Bonchev–Trinajstić information content (AvgIpc) is 3.14. The number of aromatic nitrogens is 3. The topological polar surface area (TPSA) is 88.0 Å². The van der Waals surface area contributed by atoms with Crippen molar-refractivity contribution in [1.82, 2.24) is 15.0 Å². The van der Waals surface area contributed by atoms with Crippen molar-refractivity contribution in [2.45, 2.75) is 9.79 Å². The molecule has 4 rings (SSSR count). The fourth-order valence-electron chi connectivity index (χ4n) is 2.31. The molecule has 0 radical (unpaired) electrons. The summed E-state index contributed by atoms with van der Waals surface area (Å²) in [6.07, 6.45) is 4.93. The number of carboxylic acid groups (broad SMARTS) is 1. The molecule has 29 heavy (non-hydrogen) atoms. The van der Waals surface area contributed by atoms with Gasteiger partial charge in [-0.2, -0.15) is 0 Å². The van der Waals surface area contributed by atoms with Gasteiger partial charge in [-0.1, -0.05) is 23.1 Å². The van der Waals surface area contributed by atoms with Crippen LogP contribution in [0.1, 0.15) is 10.4 Å². The lowest BCUT2D eigenvalue weighted by molar-refractivity contribution is 0.0697. The van der Waals surface area contributed by atoms with E-state index < -0.39 is 5.97 Å². The Labute approximate surface area is 188 Å². The number of hydrogen-bond donors (Lipinski definition) is 2. The van der Waals surface area contributed by atoms with Crippen molar-refractivity contribution >= 4 is 77.9 Å². The normalized spacial score (nSPS) is 10.3. The summed E-state index contributed by atoms with van der Waals surface area (Å²) in [5.41, 5.74) is 1.09. The van der Waals surface area contributed by atoms with Crippen LogP contribution >= 0.6 is 50.6 Å². The summed E-state index contributed by atoms with van der Waals surface area (Å²) in [4.78, 5) is 27.0. The number of hydrogen-bond acceptors (Lipinski definition) is 7. The Hall–Kier alpha value is -2.20. The number of halogens is 2. The summed E-state index contributed by atoms with van der Waals surface area (Å²) >= 11 is 11.0. The maximum Gasteiger partial charge on any atom is 0.335 e. The zero-order chi connectivity index (χ0) is 20.8. The second kappa shape index (κ2) is 10.0. The second-order valence-electron chi connectivity index (χ2n) is 5.40. The zero-order valence-corrected chi connectivity index (χ0v) is 18.9. The first-order chi connectivity index (χ1) is 14.1. The highest BCUT2D eigenvalue weighted by molar-refractivity contribution is 9.10. The van der Waals surface area contributed by atoms with Gasteiger partial charge in [-0.05, 0) is 58.4 Å². The van der Waals surface area contributed by atoms with Gasteiger partial charge in [-0.15, -0.1) is 11.6 Å². The Morgan fingerprint density at radius 2 is 1.97 bits per heavy atom. The fraction of sp³-hybridized carbons (Fsp3) is 0.0526. The summed E-state index contributed by atoms with van der Waals surface area (Å²) < 4.78 is 0.851. The second-order valence-corrected chi connectivity index (χ2v) is 8.41. The molecule has 0 saturated carbocycles. The maximum atomic E-state index is 11.0. The summed E-state index contributed by atoms with van der Waals surface area (Å²) in [6, 6.07) is 12.5. The third kappa shape index (κ3) is 5.45. The minimum Gasteiger partial charge on any atom is -0.478 e. The molecule has 0 fully saturated rings. The molecular weight excluding hydrogens is 496 g/mol. The lowest BCUT2D eigenvalue weighted by Gasteiger charge is -2.09. The van der Waals surface area contributed by atoms with Crippen LogP contribution in [-0.4, -0.2) is 32.4 Å². The molecule has 4 aromatic rings. The maximum absolute atomic E-state index is 11.0. The first-order valence-electron chi connectivity index (χ1n) is 8.11. The predicted molar refractivity (Wildman–Crippen MR) is 122 cm³/mol. The molecule has 0 atom stereocenters. The number of alkyl halides is 1. The van der Waals surface area contributed by atoms with Crippen LogP contribution in [0.4, 0.5) is 10.9 Å². The summed E-state index contributed by atoms with van der Waals surface area (Å²) in [5.74, 6) is -0.271. The summed E-state index contributed by atoms with van der Waals surface area (Å²) in [7, 11) is 0. The van der Waals surface area contributed by atoms with Gasteiger partial charge in [-0.3, -0.25) is 0 Å². The predicted octanol–water partition coefficient (Wildman–Crippen LogP) is 6.30. The highest BCUT2D eigenvalue weighted by Crippen LogP contribution is 2.36. The molecule has 0 saturated heterocycles. The van der Waals surface area contributed by atoms with E-state index in [0.29, 0.717) is 10.9 Å². The van der Waals surface area contributed by atoms with Crippen LogP contribution in [-0.2, 0) is 0 Å². The van der Waals surface area contributed by atoms with E-state index >= 15 is 0 Å². The Morgan fingerprint density at radius 3 is 2.66 bits per heavy atom. The van der Waals surface area contributed by atoms with Crippen molar-refractivity contribution in [2.75, 3.05) is 11.7 Å². The van der Waals surface area contributed by atoms with E-state index in [1.54, 1.807) is 36.7 Å². The Bertz CT molecular complexity index is 1110. The number of carbonyl (C=O) groups is 1. The highest BCUT2D eigenvalue weighted by atomic mass is 79.9. The van der Waals surface area contributed by atoms with E-state index in [0.717, 1.165) is 24.6 Å². The molecule has 0 aliphatic rings. The van der Waals surface area contributed by atoms with Crippen molar-refractivity contribution in [3.63, 3.8) is 0 Å². The molecule has 6 nitrogen and oxygen atoms in total. The SMILES string of the molecule is CCl.O=C(O)c1ccc(Sc2cc(Br)cnc2Nc2nc3cccnc3s2)cc1. The van der Waals surface area contributed by atoms with Gasteiger partial charge in [0.15, 0.2) is 5.13 Å². The van der Waals surface area contributed by atoms with Crippen molar-refractivity contribution in [3.8, 4) is 0 Å². The number of rotatable bonds is 5. The molecule has 3 aromatic heterocycles. The van der Waals surface area contributed by atoms with Gasteiger partial charge in [-0.25, -0.2) is 19.7 Å². The number of benzene rings is 1. The third-order valence-electron chi connectivity index (χ3n) is 3.54. The highest BCUT2D eigenvalue weighted by Gasteiger charge is 2.11. The molecule has 1 aromatic carbocycles. The van der Waals surface area contributed by atoms with Crippen molar-refractivity contribution in [3.05, 3.63) is 64.9 Å². The molecule has 10 heteroatoms. The minimum atomic E-state index is -0.942. The van der Waals surface area contributed by atoms with Crippen LogP contribution in [0.3, 0.4) is 0 Å². The molecule has 148 valence electrons. The van der Waals surface area contributed by atoms with Crippen LogP contribution in [0, 0.1) is 0 Å². The standard InChI is InChI=1S/C18H11BrN4O2S2.CH3Cl/c19-11-8-14(26-12-5-3-10(4-6-12)17(24)25)15(21-9-11)23-18-22-13-2-1-7-20-16(13)27-18;1-2/h1-9H,(H,24,25)(H,21,22,23);1H3. The molecule has 0 unspecified atom stereocenters. The first-order valence-corrected chi connectivity index (χ1v) is 11.3. The van der Waals surface area contributed by atoms with Crippen molar-refractivity contribution in [1.29, 1.82) is 0 Å². The van der Waals surface area contributed by atoms with Crippen LogP contribution < -0.4 is 5.32 Å². The van der Waals surface area contributed by atoms with E-state index in [9.17, 15) is 4.79 Å². The Morgan fingerprint density at radius 1 is 1.21 bits per heavy atom. The minimum absolute atomic E-state index is 0.257. The Balaban J connectivity index is 0.00000117. The van der Waals surface area contributed by atoms with Gasteiger partial charge in [0.2, 0.25) is 0 Å². The molecule has 0 amide bonds. The first kappa shape index (κ1) is 21.5. The molecule has 3 heterocycles. The monoisotopic (exact) mass is 508 g/mol. The summed E-state index contributed by atoms with van der Waals surface area (Å²) in [5, 5.41) is 13.0. The van der Waals surface area contributed by atoms with E-state index in [1.165, 1.54) is 29.5 Å². The van der Waals surface area contributed by atoms with E-state index in [1.807, 2.05) is 18.2 Å². The van der Waals surface area contributed by atoms with Crippen molar-refractivity contribution < 1.29 is 9.90 Å². The lowest BCUT2D eigenvalue weighted by Crippen LogP contribution is -1.96. The van der Waals surface area contributed by atoms with Crippen LogP contribution in [0.25, 0.3) is 10.3 Å². The molecule has 0 aliphatic carbocycles. The number of anilines is 2. The van der Waals surface area contributed by atoms with Gasteiger partial charge in [0.05, 0.1) is 10.5 Å². The van der Waals surface area contributed by atoms with Crippen molar-refractivity contribution in [2.24, 2.45) is 0 Å². The molecule has 2 N–H and O–H groups in total. The average molecular weight is 510 g/mol. The number of fused-ring (bicyclic) bond motifs is 1. The van der Waals surface area contributed by atoms with Gasteiger partial charge in [0, 0.05) is 28.1 Å². The number of pyridine rings is 2. The van der Waals surface area contributed by atoms with Gasteiger partial charge < -0.3 is 10.4 Å². The molecule has 0 bridgehead atoms. The van der Waals surface area contributed by atoms with E-state index in [-0.39, 0.29) is 5.56 Å². The van der Waals surface area contributed by atoms with Crippen LogP contribution in [0.15, 0.2) is 69.1 Å². The van der Waals surface area contributed by atoms with Gasteiger partial charge in [0.25, 0.3) is 0 Å². The van der Waals surface area contributed by atoms with E-state index in [4.69, 9.17) is 5.11 Å². The smallest absolute Gasteiger partial charge is 0.335 e. The Kier molecular flexibility index (Phi) is 7.43. The molecular formula is C19H14BrClN4O2S2. The third-order valence-corrected chi connectivity index (χ3v) is 5.91. The number of thiazole rings is 1. The van der Waals surface area contributed by atoms with Crippen LogP contribution in [0.5, 0.6) is 0 Å². The van der Waals surface area contributed by atoms with E-state index in [2.05, 4.69) is 47.8 Å². The van der Waals surface area contributed by atoms with Crippen LogP contribution in [0.2, 0.25) is 0 Å². The molecule has 0 aliphatic heterocycles. The van der Waals surface area contributed by atoms with Gasteiger partial charge in [0.1, 0.15) is 16.2 Å². The molecule has 0 spiro atoms. The number of aromatic carboxylic acids is 1.